The summed E-state index contributed by atoms with van der Waals surface area (Å²) in [4.78, 5) is 14.1. The molecule has 1 aromatic heterocycles. The maximum Gasteiger partial charge on any atom is 0.410 e. The van der Waals surface area contributed by atoms with Gasteiger partial charge in [-0.1, -0.05) is 30.3 Å². The molecule has 0 aliphatic carbocycles. The summed E-state index contributed by atoms with van der Waals surface area (Å²) in [6.07, 6.45) is 4.87. The van der Waals surface area contributed by atoms with Crippen molar-refractivity contribution in [3.8, 4) is 0 Å². The van der Waals surface area contributed by atoms with Gasteiger partial charge in [0.1, 0.15) is 6.61 Å². The fraction of sp³-hybridized carbons (Fsp3) is 0.444. The standard InChI is InChI=1S/C18H23N3O3/c1-20-12-15(11-19-20)17(22)10-16-8-5-9-21(16)18(23)24-13-14-6-3-2-4-7-14/h2-4,6-7,11-12,16-17,22H,5,8-10,13H2,1H3. The van der Waals surface area contributed by atoms with Crippen molar-refractivity contribution in [1.82, 2.24) is 14.7 Å². The Hall–Kier alpha value is -2.34. The Morgan fingerprint density at radius 1 is 1.42 bits per heavy atom. The van der Waals surface area contributed by atoms with Crippen LogP contribution in [-0.2, 0) is 18.4 Å². The molecule has 3 rings (SSSR count). The summed E-state index contributed by atoms with van der Waals surface area (Å²) in [6.45, 7) is 0.950. The number of aliphatic hydroxyl groups is 1. The molecule has 1 amide bonds. The highest BCUT2D eigenvalue weighted by Crippen LogP contribution is 2.27. The van der Waals surface area contributed by atoms with Crippen LogP contribution in [0.5, 0.6) is 0 Å². The average Bonchev–Trinajstić information content (AvgIpc) is 3.22. The second-order valence-electron chi connectivity index (χ2n) is 6.23. The van der Waals surface area contributed by atoms with E-state index in [9.17, 15) is 9.90 Å². The van der Waals surface area contributed by atoms with Gasteiger partial charge in [0.2, 0.25) is 0 Å². The molecule has 2 heterocycles. The monoisotopic (exact) mass is 329 g/mol. The van der Waals surface area contributed by atoms with Crippen molar-refractivity contribution in [2.45, 2.75) is 38.0 Å². The number of amides is 1. The van der Waals surface area contributed by atoms with Gasteiger partial charge in [0.15, 0.2) is 0 Å². The van der Waals surface area contributed by atoms with Crippen LogP contribution in [0, 0.1) is 0 Å². The number of hydrogen-bond donors (Lipinski definition) is 1. The Morgan fingerprint density at radius 2 is 2.21 bits per heavy atom. The Bertz CT molecular complexity index is 671. The first-order chi connectivity index (χ1) is 11.6. The molecule has 2 atom stereocenters. The second kappa shape index (κ2) is 7.49. The van der Waals surface area contributed by atoms with Crippen LogP contribution in [0.3, 0.4) is 0 Å². The molecule has 2 unspecified atom stereocenters. The Kier molecular flexibility index (Phi) is 5.15. The van der Waals surface area contributed by atoms with Crippen molar-refractivity contribution in [3.63, 3.8) is 0 Å². The first-order valence-electron chi connectivity index (χ1n) is 8.27. The first kappa shape index (κ1) is 16.5. The molecule has 6 nitrogen and oxygen atoms in total. The lowest BCUT2D eigenvalue weighted by Gasteiger charge is -2.25. The summed E-state index contributed by atoms with van der Waals surface area (Å²) in [5.41, 5.74) is 1.75. The maximum atomic E-state index is 12.4. The minimum absolute atomic E-state index is 0.00322. The molecule has 1 saturated heterocycles. The Labute approximate surface area is 141 Å². The SMILES string of the molecule is Cn1cc(C(O)CC2CCCN2C(=O)OCc2ccccc2)cn1. The van der Waals surface area contributed by atoms with E-state index in [1.54, 1.807) is 22.0 Å². The average molecular weight is 329 g/mol. The first-order valence-corrected chi connectivity index (χ1v) is 8.27. The number of likely N-dealkylation sites (tertiary alicyclic amines) is 1. The zero-order chi connectivity index (χ0) is 16.9. The quantitative estimate of drug-likeness (QED) is 0.916. The topological polar surface area (TPSA) is 67.6 Å². The highest BCUT2D eigenvalue weighted by molar-refractivity contribution is 5.68. The number of aliphatic hydroxyl groups excluding tert-OH is 1. The predicted molar refractivity (Wildman–Crippen MR) is 89.1 cm³/mol. The van der Waals surface area contributed by atoms with Crippen molar-refractivity contribution in [3.05, 3.63) is 53.9 Å². The maximum absolute atomic E-state index is 12.4. The number of aromatic nitrogens is 2. The highest BCUT2D eigenvalue weighted by atomic mass is 16.6. The lowest BCUT2D eigenvalue weighted by Crippen LogP contribution is -2.36. The van der Waals surface area contributed by atoms with Gasteiger partial charge < -0.3 is 14.7 Å². The van der Waals surface area contributed by atoms with Crippen LogP contribution in [-0.4, -0.2) is 38.5 Å². The summed E-state index contributed by atoms with van der Waals surface area (Å²) >= 11 is 0. The molecular weight excluding hydrogens is 306 g/mol. The van der Waals surface area contributed by atoms with Crippen LogP contribution in [0.15, 0.2) is 42.7 Å². The van der Waals surface area contributed by atoms with E-state index in [4.69, 9.17) is 4.74 Å². The molecule has 1 N–H and O–H groups in total. The molecule has 24 heavy (non-hydrogen) atoms. The van der Waals surface area contributed by atoms with Gasteiger partial charge in [0.05, 0.1) is 12.3 Å². The smallest absolute Gasteiger partial charge is 0.410 e. The number of carbonyl (C=O) groups is 1. The van der Waals surface area contributed by atoms with E-state index < -0.39 is 6.10 Å². The van der Waals surface area contributed by atoms with E-state index in [0.717, 1.165) is 24.0 Å². The van der Waals surface area contributed by atoms with E-state index in [1.165, 1.54) is 0 Å². The number of carbonyl (C=O) groups excluding carboxylic acids is 1. The van der Waals surface area contributed by atoms with Crippen molar-refractivity contribution >= 4 is 6.09 Å². The molecule has 0 saturated carbocycles. The van der Waals surface area contributed by atoms with Crippen LogP contribution in [0.1, 0.15) is 36.5 Å². The molecule has 0 radical (unpaired) electrons. The van der Waals surface area contributed by atoms with Crippen LogP contribution in [0.25, 0.3) is 0 Å². The van der Waals surface area contributed by atoms with Crippen molar-refractivity contribution in [1.29, 1.82) is 0 Å². The fourth-order valence-corrected chi connectivity index (χ4v) is 3.13. The van der Waals surface area contributed by atoms with Crippen molar-refractivity contribution in [2.24, 2.45) is 7.05 Å². The molecule has 1 aromatic carbocycles. The number of hydrogen-bond acceptors (Lipinski definition) is 4. The number of nitrogens with zero attached hydrogens (tertiary/aromatic N) is 3. The number of aryl methyl sites for hydroxylation is 1. The van der Waals surface area contributed by atoms with Crippen LogP contribution in [0.4, 0.5) is 4.79 Å². The predicted octanol–water partition coefficient (Wildman–Crippen LogP) is 2.64. The third-order valence-electron chi connectivity index (χ3n) is 4.42. The van der Waals surface area contributed by atoms with E-state index in [0.29, 0.717) is 13.0 Å². The molecule has 1 aliphatic rings. The van der Waals surface area contributed by atoms with Gasteiger partial charge in [0.25, 0.3) is 0 Å². The molecule has 2 aromatic rings. The van der Waals surface area contributed by atoms with Crippen molar-refractivity contribution in [2.75, 3.05) is 6.54 Å². The fourth-order valence-electron chi connectivity index (χ4n) is 3.13. The third kappa shape index (κ3) is 3.94. The molecule has 0 spiro atoms. The van der Waals surface area contributed by atoms with E-state index in [1.807, 2.05) is 37.4 Å². The zero-order valence-corrected chi connectivity index (χ0v) is 13.8. The van der Waals surface area contributed by atoms with E-state index in [-0.39, 0.29) is 18.7 Å². The highest BCUT2D eigenvalue weighted by Gasteiger charge is 2.32. The summed E-state index contributed by atoms with van der Waals surface area (Å²) in [6, 6.07) is 9.64. The van der Waals surface area contributed by atoms with Gasteiger partial charge in [-0.2, -0.15) is 5.10 Å². The summed E-state index contributed by atoms with van der Waals surface area (Å²) in [7, 11) is 1.82. The number of benzene rings is 1. The minimum atomic E-state index is -0.619. The molecular formula is C18H23N3O3. The van der Waals surface area contributed by atoms with Gasteiger partial charge >= 0.3 is 6.09 Å². The largest absolute Gasteiger partial charge is 0.445 e. The lowest BCUT2D eigenvalue weighted by molar-refractivity contribution is 0.0763. The van der Waals surface area contributed by atoms with E-state index >= 15 is 0 Å². The zero-order valence-electron chi connectivity index (χ0n) is 13.8. The van der Waals surface area contributed by atoms with Gasteiger partial charge in [-0.25, -0.2) is 4.79 Å². The minimum Gasteiger partial charge on any atom is -0.445 e. The van der Waals surface area contributed by atoms with E-state index in [2.05, 4.69) is 5.10 Å². The van der Waals surface area contributed by atoms with Crippen molar-refractivity contribution < 1.29 is 14.6 Å². The van der Waals surface area contributed by atoms with Gasteiger partial charge in [-0.3, -0.25) is 4.68 Å². The number of rotatable bonds is 5. The Morgan fingerprint density at radius 3 is 2.92 bits per heavy atom. The summed E-state index contributed by atoms with van der Waals surface area (Å²) < 4.78 is 7.09. The second-order valence-corrected chi connectivity index (χ2v) is 6.23. The van der Waals surface area contributed by atoms with Gasteiger partial charge in [-0.05, 0) is 24.8 Å². The van der Waals surface area contributed by atoms with Crippen LogP contribution < -0.4 is 0 Å². The third-order valence-corrected chi connectivity index (χ3v) is 4.42. The Balaban J connectivity index is 1.55. The van der Waals surface area contributed by atoms with Crippen LogP contribution >= 0.6 is 0 Å². The number of ether oxygens (including phenoxy) is 1. The van der Waals surface area contributed by atoms with Gasteiger partial charge in [0, 0.05) is 31.4 Å². The molecule has 1 fully saturated rings. The molecule has 0 bridgehead atoms. The molecule has 128 valence electrons. The normalized spacial score (nSPS) is 18.6. The van der Waals surface area contributed by atoms with Gasteiger partial charge in [-0.15, -0.1) is 0 Å². The van der Waals surface area contributed by atoms with Crippen LogP contribution in [0.2, 0.25) is 0 Å². The molecule has 6 heteroatoms. The summed E-state index contributed by atoms with van der Waals surface area (Å²) in [5, 5.41) is 14.5. The lowest BCUT2D eigenvalue weighted by atomic mass is 10.0. The summed E-state index contributed by atoms with van der Waals surface area (Å²) in [5.74, 6) is 0. The molecule has 1 aliphatic heterocycles.